The lowest BCUT2D eigenvalue weighted by Gasteiger charge is -2.15. The Hall–Kier alpha value is 1.48. The lowest BCUT2D eigenvalue weighted by molar-refractivity contribution is 0.586. The van der Waals surface area contributed by atoms with E-state index in [-0.39, 0.29) is 5.53 Å². The van der Waals surface area contributed by atoms with E-state index in [1.165, 1.54) is 171 Å². The Morgan fingerprint density at radius 1 is 0.294 bits per heavy atom. The summed E-state index contributed by atoms with van der Waals surface area (Å²) in [7, 11) is 0. The molecule has 0 atom stereocenters. The summed E-state index contributed by atoms with van der Waals surface area (Å²) in [6.45, 7) is 6.94. The zero-order chi connectivity index (χ0) is 24.8. The van der Waals surface area contributed by atoms with Crippen LogP contribution in [0.1, 0.15) is 175 Å². The van der Waals surface area contributed by atoms with E-state index >= 15 is 0 Å². The van der Waals surface area contributed by atoms with Crippen LogP contribution >= 0.6 is 39.7 Å². The van der Waals surface area contributed by atoms with Crippen molar-refractivity contribution in [2.75, 3.05) is 17.3 Å². The van der Waals surface area contributed by atoms with E-state index in [2.05, 4.69) is 54.9 Å². The Labute approximate surface area is 230 Å². The van der Waals surface area contributed by atoms with Crippen molar-refractivity contribution in [3.63, 3.8) is 0 Å². The fourth-order valence-corrected chi connectivity index (χ4v) is 15.1. The average Bonchev–Trinajstić information content (AvgIpc) is 2.85. The van der Waals surface area contributed by atoms with Crippen LogP contribution in [0.15, 0.2) is 0 Å². The molecule has 0 aromatic heterocycles. The SMILES string of the molecule is CCCCCCCCCCSP(SCCCCCCCCCC)SCCCCCCCCCC. The van der Waals surface area contributed by atoms with E-state index in [0.717, 1.165) is 0 Å². The van der Waals surface area contributed by atoms with Crippen molar-refractivity contribution >= 4 is 39.7 Å². The molecule has 0 N–H and O–H groups in total. The van der Waals surface area contributed by atoms with Gasteiger partial charge in [0.25, 0.3) is 0 Å². The molecule has 0 spiro atoms. The summed E-state index contributed by atoms with van der Waals surface area (Å²) in [5.41, 5.74) is 0.0917. The second-order valence-corrected chi connectivity index (χ2v) is 20.3. The topological polar surface area (TPSA) is 0 Å². The summed E-state index contributed by atoms with van der Waals surface area (Å²) in [4.78, 5) is 0. The molecule has 206 valence electrons. The Morgan fingerprint density at radius 2 is 0.500 bits per heavy atom. The van der Waals surface area contributed by atoms with Gasteiger partial charge in [-0.2, -0.15) is 0 Å². The molecule has 0 unspecified atom stereocenters. The molecule has 0 fully saturated rings. The van der Waals surface area contributed by atoms with Crippen LogP contribution in [0.3, 0.4) is 0 Å². The van der Waals surface area contributed by atoms with Gasteiger partial charge in [0.2, 0.25) is 0 Å². The van der Waals surface area contributed by atoms with Crippen LogP contribution in [-0.4, -0.2) is 17.3 Å². The molecular formula is C30H63PS3. The molecule has 0 aliphatic rings. The highest BCUT2D eigenvalue weighted by atomic mass is 33.4. The molecule has 0 radical (unpaired) electrons. The van der Waals surface area contributed by atoms with Gasteiger partial charge in [-0.15, -0.1) is 34.1 Å². The maximum absolute atomic E-state index is 2.34. The van der Waals surface area contributed by atoms with Crippen LogP contribution in [0, 0.1) is 0 Å². The predicted octanol–water partition coefficient (Wildman–Crippen LogP) is 13.8. The quantitative estimate of drug-likeness (QED) is 0.0644. The van der Waals surface area contributed by atoms with Gasteiger partial charge >= 0.3 is 0 Å². The number of hydrogen-bond donors (Lipinski definition) is 0. The van der Waals surface area contributed by atoms with Crippen LogP contribution in [0.2, 0.25) is 0 Å². The zero-order valence-corrected chi connectivity index (χ0v) is 27.1. The van der Waals surface area contributed by atoms with Crippen molar-refractivity contribution < 1.29 is 0 Å². The Morgan fingerprint density at radius 3 is 0.735 bits per heavy atom. The molecule has 0 amide bonds. The van der Waals surface area contributed by atoms with E-state index in [0.29, 0.717) is 0 Å². The summed E-state index contributed by atoms with van der Waals surface area (Å²) in [6, 6.07) is 0. The van der Waals surface area contributed by atoms with Gasteiger partial charge in [0, 0.05) is 0 Å². The molecule has 0 saturated carbocycles. The highest BCUT2D eigenvalue weighted by Gasteiger charge is 2.10. The summed E-state index contributed by atoms with van der Waals surface area (Å²) in [5.74, 6) is 4.24. The van der Waals surface area contributed by atoms with Crippen molar-refractivity contribution in [3.05, 3.63) is 0 Å². The van der Waals surface area contributed by atoms with Crippen LogP contribution in [-0.2, 0) is 0 Å². The molecular weight excluding hydrogens is 488 g/mol. The van der Waals surface area contributed by atoms with E-state index in [9.17, 15) is 0 Å². The third kappa shape index (κ3) is 29.7. The van der Waals surface area contributed by atoms with E-state index in [4.69, 9.17) is 0 Å². The summed E-state index contributed by atoms with van der Waals surface area (Å²) in [5, 5.41) is 0. The minimum Gasteiger partial charge on any atom is -0.112 e. The lowest BCUT2D eigenvalue weighted by atomic mass is 10.1. The predicted molar refractivity (Wildman–Crippen MR) is 172 cm³/mol. The van der Waals surface area contributed by atoms with Crippen LogP contribution in [0.4, 0.5) is 0 Å². The highest BCUT2D eigenvalue weighted by molar-refractivity contribution is 9.12. The fraction of sp³-hybridized carbons (Fsp3) is 1.00. The number of hydrogen-bond acceptors (Lipinski definition) is 3. The van der Waals surface area contributed by atoms with Gasteiger partial charge in [0.15, 0.2) is 0 Å². The molecule has 0 nitrogen and oxygen atoms in total. The van der Waals surface area contributed by atoms with Gasteiger partial charge in [-0.1, -0.05) is 156 Å². The van der Waals surface area contributed by atoms with Crippen LogP contribution in [0.5, 0.6) is 0 Å². The van der Waals surface area contributed by atoms with E-state index in [1.807, 2.05) is 0 Å². The third-order valence-corrected chi connectivity index (χ3v) is 17.9. The largest absolute Gasteiger partial charge is 0.112 e. The smallest absolute Gasteiger partial charge is 0.0729 e. The van der Waals surface area contributed by atoms with Gasteiger partial charge in [0.1, 0.15) is 0 Å². The minimum atomic E-state index is 0.0917. The molecule has 0 aliphatic carbocycles. The first kappa shape index (κ1) is 35.5. The maximum atomic E-state index is 2.34. The first-order valence-electron chi connectivity index (χ1n) is 15.5. The zero-order valence-electron chi connectivity index (χ0n) is 23.8. The molecule has 0 aromatic rings. The lowest BCUT2D eigenvalue weighted by Crippen LogP contribution is -1.85. The summed E-state index contributed by atoms with van der Waals surface area (Å²) < 4.78 is 0. The molecule has 0 aliphatic heterocycles. The molecule has 4 heteroatoms. The van der Waals surface area contributed by atoms with Gasteiger partial charge in [-0.05, 0) is 36.5 Å². The second kappa shape index (κ2) is 32.5. The van der Waals surface area contributed by atoms with Crippen LogP contribution < -0.4 is 0 Å². The summed E-state index contributed by atoms with van der Waals surface area (Å²) in [6.07, 6.45) is 34.8. The fourth-order valence-electron chi connectivity index (χ4n) is 4.24. The first-order valence-corrected chi connectivity index (χ1v) is 21.6. The normalized spacial score (nSPS) is 11.6. The third-order valence-electron chi connectivity index (χ3n) is 6.58. The number of unbranched alkanes of at least 4 members (excludes halogenated alkanes) is 21. The van der Waals surface area contributed by atoms with Gasteiger partial charge < -0.3 is 0 Å². The molecule has 34 heavy (non-hydrogen) atoms. The first-order chi connectivity index (χ1) is 16.8. The minimum absolute atomic E-state index is 0.0917. The van der Waals surface area contributed by atoms with Crippen LogP contribution in [0.25, 0.3) is 0 Å². The second-order valence-electron chi connectivity index (χ2n) is 10.1. The monoisotopic (exact) mass is 550 g/mol. The average molecular weight is 551 g/mol. The van der Waals surface area contributed by atoms with Crippen molar-refractivity contribution in [1.82, 2.24) is 0 Å². The van der Waals surface area contributed by atoms with Crippen molar-refractivity contribution in [1.29, 1.82) is 0 Å². The highest BCUT2D eigenvalue weighted by Crippen LogP contribution is 2.70. The van der Waals surface area contributed by atoms with Gasteiger partial charge in [-0.3, -0.25) is 0 Å². The Kier molecular flexibility index (Phi) is 33.9. The molecule has 0 saturated heterocycles. The standard InChI is InChI=1S/C30H63PS3/c1-4-7-10-13-16-19-22-25-28-32-31(33-29-26-23-20-17-14-11-8-5-2)34-30-27-24-21-18-15-12-9-6-3/h4-30H2,1-3H3. The Bertz CT molecular complexity index is 302. The van der Waals surface area contributed by atoms with Crippen molar-refractivity contribution in [2.45, 2.75) is 175 Å². The number of rotatable bonds is 30. The molecule has 0 bridgehead atoms. The summed E-state index contributed by atoms with van der Waals surface area (Å²) >= 11 is 7.02. The van der Waals surface area contributed by atoms with Crippen molar-refractivity contribution in [3.8, 4) is 0 Å². The molecule has 0 heterocycles. The van der Waals surface area contributed by atoms with Crippen molar-refractivity contribution in [2.24, 2.45) is 0 Å². The van der Waals surface area contributed by atoms with Gasteiger partial charge in [0.05, 0.1) is 5.53 Å². The van der Waals surface area contributed by atoms with E-state index in [1.54, 1.807) is 0 Å². The molecule has 0 aromatic carbocycles. The maximum Gasteiger partial charge on any atom is 0.0729 e. The van der Waals surface area contributed by atoms with Gasteiger partial charge in [-0.25, -0.2) is 0 Å². The molecule has 0 rings (SSSR count). The Balaban J connectivity index is 3.85. The van der Waals surface area contributed by atoms with E-state index < -0.39 is 0 Å².